The van der Waals surface area contributed by atoms with Crippen molar-refractivity contribution in [2.45, 2.75) is 0 Å². The second-order valence-corrected chi connectivity index (χ2v) is 4.46. The van der Waals surface area contributed by atoms with Crippen LogP contribution in [0.1, 0.15) is 0 Å². The van der Waals surface area contributed by atoms with Crippen molar-refractivity contribution in [2.24, 2.45) is 0 Å². The lowest BCUT2D eigenvalue weighted by Gasteiger charge is -2.09. The van der Waals surface area contributed by atoms with Crippen molar-refractivity contribution < 1.29 is 21.9 Å². The first-order valence-electron chi connectivity index (χ1n) is 4.53. The van der Waals surface area contributed by atoms with E-state index in [1.807, 2.05) is 4.72 Å². The van der Waals surface area contributed by atoms with Crippen LogP contribution in [0.25, 0.3) is 0 Å². The lowest BCUT2D eigenvalue weighted by molar-refractivity contribution is 0.204. The van der Waals surface area contributed by atoms with Crippen molar-refractivity contribution >= 4 is 15.9 Å². The average Bonchev–Trinajstić information content (AvgIpc) is 2.22. The Morgan fingerprint density at radius 3 is 2.71 bits per heavy atom. The molecule has 96 valence electrons. The van der Waals surface area contributed by atoms with Crippen molar-refractivity contribution in [2.75, 3.05) is 25.0 Å². The van der Waals surface area contributed by atoms with Crippen molar-refractivity contribution in [1.29, 1.82) is 0 Å². The van der Waals surface area contributed by atoms with E-state index in [0.29, 0.717) is 0 Å². The molecule has 0 saturated carbocycles. The van der Waals surface area contributed by atoms with Gasteiger partial charge in [0.2, 0.25) is 11.9 Å². The molecule has 0 fully saturated rings. The third-order valence-electron chi connectivity index (χ3n) is 1.66. The Balaban J connectivity index is 2.69. The van der Waals surface area contributed by atoms with E-state index in [1.54, 1.807) is 0 Å². The molecule has 0 unspecified atom stereocenters. The standard InChI is InChI=1S/C8H11F2N3O3S/c1-16-5-4-11-17(14,15)13-6-2-3-7(9)12-8(6)10/h2-3,11,13H,4-5H2,1H3. The summed E-state index contributed by atoms with van der Waals surface area (Å²) in [5.74, 6) is -2.26. The largest absolute Gasteiger partial charge is 0.383 e. The smallest absolute Gasteiger partial charge is 0.299 e. The first kappa shape index (κ1) is 13.7. The number of nitrogens with zero attached hydrogens (tertiary/aromatic N) is 1. The van der Waals surface area contributed by atoms with Crippen LogP contribution < -0.4 is 9.44 Å². The molecule has 0 bridgehead atoms. The van der Waals surface area contributed by atoms with Crippen molar-refractivity contribution in [1.82, 2.24) is 9.71 Å². The Kier molecular flexibility index (Phi) is 4.73. The molecule has 6 nitrogen and oxygen atoms in total. The number of aromatic nitrogens is 1. The molecule has 1 aromatic rings. The number of nitrogens with one attached hydrogen (secondary N) is 2. The summed E-state index contributed by atoms with van der Waals surface area (Å²) in [5.41, 5.74) is -0.434. The van der Waals surface area contributed by atoms with Crippen LogP contribution in [0.3, 0.4) is 0 Å². The molecule has 0 spiro atoms. The molecule has 0 aliphatic rings. The summed E-state index contributed by atoms with van der Waals surface area (Å²) in [7, 11) is -2.52. The Morgan fingerprint density at radius 1 is 1.41 bits per heavy atom. The highest BCUT2D eigenvalue weighted by Crippen LogP contribution is 2.12. The van der Waals surface area contributed by atoms with E-state index >= 15 is 0 Å². The summed E-state index contributed by atoms with van der Waals surface area (Å²) < 4.78 is 56.8. The highest BCUT2D eigenvalue weighted by Gasteiger charge is 2.13. The maximum atomic E-state index is 13.0. The number of methoxy groups -OCH3 is 1. The molecule has 2 N–H and O–H groups in total. The van der Waals surface area contributed by atoms with E-state index in [4.69, 9.17) is 0 Å². The zero-order valence-corrected chi connectivity index (χ0v) is 9.72. The first-order chi connectivity index (χ1) is 7.94. The lowest BCUT2D eigenvalue weighted by atomic mass is 10.4. The molecule has 17 heavy (non-hydrogen) atoms. The van der Waals surface area contributed by atoms with Gasteiger partial charge in [-0.15, -0.1) is 0 Å². The van der Waals surface area contributed by atoms with E-state index in [-0.39, 0.29) is 13.2 Å². The maximum Gasteiger partial charge on any atom is 0.299 e. The Hall–Kier alpha value is -1.32. The minimum atomic E-state index is -3.92. The van der Waals surface area contributed by atoms with Gasteiger partial charge in [0, 0.05) is 13.7 Å². The van der Waals surface area contributed by atoms with Crippen LogP contribution in [-0.4, -0.2) is 33.7 Å². The van der Waals surface area contributed by atoms with Crippen molar-refractivity contribution in [3.05, 3.63) is 24.0 Å². The van der Waals surface area contributed by atoms with E-state index in [0.717, 1.165) is 12.1 Å². The minimum absolute atomic E-state index is 0.0298. The molecular weight excluding hydrogens is 256 g/mol. The monoisotopic (exact) mass is 267 g/mol. The predicted octanol–water partition coefficient (Wildman–Crippen LogP) is 0.252. The summed E-state index contributed by atoms with van der Waals surface area (Å²) in [6.07, 6.45) is 0. The first-order valence-corrected chi connectivity index (χ1v) is 6.01. The van der Waals surface area contributed by atoms with E-state index in [9.17, 15) is 17.2 Å². The van der Waals surface area contributed by atoms with Gasteiger partial charge in [-0.1, -0.05) is 0 Å². The highest BCUT2D eigenvalue weighted by atomic mass is 32.2. The van der Waals surface area contributed by atoms with Gasteiger partial charge in [-0.05, 0) is 12.1 Å². The molecule has 0 amide bonds. The van der Waals surface area contributed by atoms with Gasteiger partial charge >= 0.3 is 0 Å². The summed E-state index contributed by atoms with van der Waals surface area (Å²) in [4.78, 5) is 2.84. The van der Waals surface area contributed by atoms with Gasteiger partial charge in [-0.25, -0.2) is 0 Å². The van der Waals surface area contributed by atoms with Crippen LogP contribution in [0.5, 0.6) is 0 Å². The topological polar surface area (TPSA) is 80.3 Å². The number of ether oxygens (including phenoxy) is 1. The number of hydrogen-bond donors (Lipinski definition) is 2. The quantitative estimate of drug-likeness (QED) is 0.572. The van der Waals surface area contributed by atoms with Crippen LogP contribution in [0, 0.1) is 11.9 Å². The van der Waals surface area contributed by atoms with Gasteiger partial charge < -0.3 is 4.74 Å². The molecular formula is C8H11F2N3O3S. The Bertz CT molecular complexity index is 481. The molecule has 0 aromatic carbocycles. The van der Waals surface area contributed by atoms with E-state index in [1.165, 1.54) is 7.11 Å². The summed E-state index contributed by atoms with van der Waals surface area (Å²) in [5, 5.41) is 0. The molecule has 0 aliphatic heterocycles. The molecule has 9 heteroatoms. The number of anilines is 1. The van der Waals surface area contributed by atoms with Gasteiger partial charge in [0.1, 0.15) is 5.69 Å². The molecule has 1 heterocycles. The van der Waals surface area contributed by atoms with Crippen molar-refractivity contribution in [3.63, 3.8) is 0 Å². The fourth-order valence-electron chi connectivity index (χ4n) is 0.947. The van der Waals surface area contributed by atoms with Gasteiger partial charge in [-0.2, -0.15) is 26.9 Å². The minimum Gasteiger partial charge on any atom is -0.383 e. The van der Waals surface area contributed by atoms with Gasteiger partial charge in [-0.3, -0.25) is 4.72 Å². The zero-order chi connectivity index (χ0) is 12.9. The number of halogens is 2. The number of rotatable bonds is 6. The van der Waals surface area contributed by atoms with Gasteiger partial charge in [0.15, 0.2) is 0 Å². The van der Waals surface area contributed by atoms with Crippen LogP contribution >= 0.6 is 0 Å². The summed E-state index contributed by atoms with van der Waals surface area (Å²) in [6, 6.07) is 1.78. The molecule has 1 rings (SSSR count). The van der Waals surface area contributed by atoms with Gasteiger partial charge in [0.25, 0.3) is 10.2 Å². The maximum absolute atomic E-state index is 13.0. The second-order valence-electron chi connectivity index (χ2n) is 2.96. The Labute approximate surface area is 97.2 Å². The molecule has 1 aromatic heterocycles. The van der Waals surface area contributed by atoms with Crippen molar-refractivity contribution in [3.8, 4) is 0 Å². The van der Waals surface area contributed by atoms with Crippen LogP contribution in [0.2, 0.25) is 0 Å². The highest BCUT2D eigenvalue weighted by molar-refractivity contribution is 7.90. The zero-order valence-electron chi connectivity index (χ0n) is 8.91. The Morgan fingerprint density at radius 2 is 2.12 bits per heavy atom. The van der Waals surface area contributed by atoms with E-state index < -0.39 is 27.8 Å². The fraction of sp³-hybridized carbons (Fsp3) is 0.375. The van der Waals surface area contributed by atoms with Gasteiger partial charge in [0.05, 0.1) is 6.61 Å². The summed E-state index contributed by atoms with van der Waals surface area (Å²) in [6.45, 7) is 0.202. The van der Waals surface area contributed by atoms with Crippen LogP contribution in [0.4, 0.5) is 14.5 Å². The molecule has 0 atom stereocenters. The fourth-order valence-corrected chi connectivity index (χ4v) is 1.81. The molecule has 0 radical (unpaired) electrons. The molecule has 0 aliphatic carbocycles. The number of hydrogen-bond acceptors (Lipinski definition) is 4. The lowest BCUT2D eigenvalue weighted by Crippen LogP contribution is -2.33. The number of pyridine rings is 1. The third-order valence-corrected chi connectivity index (χ3v) is 2.73. The average molecular weight is 267 g/mol. The summed E-state index contributed by atoms with van der Waals surface area (Å²) >= 11 is 0. The normalized spacial score (nSPS) is 11.5. The van der Waals surface area contributed by atoms with E-state index in [2.05, 4.69) is 14.4 Å². The third kappa shape index (κ3) is 4.59. The van der Waals surface area contributed by atoms with Crippen LogP contribution in [-0.2, 0) is 14.9 Å². The SMILES string of the molecule is COCCNS(=O)(=O)Nc1ccc(F)nc1F. The molecule has 0 saturated heterocycles. The van der Waals surface area contributed by atoms with Crippen LogP contribution in [0.15, 0.2) is 12.1 Å². The second kappa shape index (κ2) is 5.84. The predicted molar refractivity (Wildman–Crippen MR) is 56.6 cm³/mol.